The van der Waals surface area contributed by atoms with Crippen LogP contribution in [0.25, 0.3) is 22.6 Å². The average Bonchev–Trinajstić information content (AvgIpc) is 3.46. The van der Waals surface area contributed by atoms with Crippen molar-refractivity contribution < 1.29 is 22.8 Å². The molecule has 0 saturated carbocycles. The molecule has 5 nitrogen and oxygen atoms in total. The summed E-state index contributed by atoms with van der Waals surface area (Å²) in [6.45, 7) is -1.52. The number of rotatable bonds is 10. The summed E-state index contributed by atoms with van der Waals surface area (Å²) in [6.07, 6.45) is -2.36. The molecule has 4 aromatic rings. The zero-order valence-electron chi connectivity index (χ0n) is 20.0. The molecule has 9 heteroatoms. The molecular weight excluding hydrogens is 499 g/mol. The molecule has 5 rings (SSSR count). The smallest absolute Gasteiger partial charge is 0.403 e. The largest absolute Gasteiger partial charge is 0.411 e. The van der Waals surface area contributed by atoms with E-state index in [0.717, 1.165) is 46.4 Å². The third kappa shape index (κ3) is 5.58. The van der Waals surface area contributed by atoms with Gasteiger partial charge in [-0.3, -0.25) is 0 Å². The molecule has 192 valence electrons. The SMILES string of the molecule is ON(CC(F)(F)F)CC1(CCCCSc2nnc(-c3ccccc3)o2)c2ccccc2-c2ccccc21. The van der Waals surface area contributed by atoms with Gasteiger partial charge >= 0.3 is 6.18 Å². The average molecular weight is 526 g/mol. The third-order valence-electron chi connectivity index (χ3n) is 6.64. The third-order valence-corrected chi connectivity index (χ3v) is 7.55. The van der Waals surface area contributed by atoms with E-state index in [9.17, 15) is 18.4 Å². The Hall–Kier alpha value is -3.14. The lowest BCUT2D eigenvalue weighted by Crippen LogP contribution is -2.43. The maximum Gasteiger partial charge on any atom is 0.403 e. The molecule has 1 aromatic heterocycles. The quantitative estimate of drug-likeness (QED) is 0.134. The van der Waals surface area contributed by atoms with Crippen LogP contribution in [0.15, 0.2) is 88.5 Å². The number of alkyl halides is 3. The van der Waals surface area contributed by atoms with Gasteiger partial charge in [0.15, 0.2) is 0 Å². The first kappa shape index (κ1) is 25.5. The summed E-state index contributed by atoms with van der Waals surface area (Å²) in [4.78, 5) is 0. The van der Waals surface area contributed by atoms with Crippen molar-refractivity contribution in [3.8, 4) is 22.6 Å². The van der Waals surface area contributed by atoms with Gasteiger partial charge in [0.2, 0.25) is 5.89 Å². The summed E-state index contributed by atoms with van der Waals surface area (Å²) >= 11 is 1.46. The van der Waals surface area contributed by atoms with E-state index in [1.165, 1.54) is 11.8 Å². The molecule has 0 bridgehead atoms. The Morgan fingerprint density at radius 3 is 2.11 bits per heavy atom. The molecule has 37 heavy (non-hydrogen) atoms. The van der Waals surface area contributed by atoms with Crippen molar-refractivity contribution in [1.29, 1.82) is 0 Å². The number of thioether (sulfide) groups is 1. The van der Waals surface area contributed by atoms with Crippen molar-refractivity contribution in [2.75, 3.05) is 18.8 Å². The maximum absolute atomic E-state index is 13.1. The topological polar surface area (TPSA) is 62.4 Å². The number of nitrogens with zero attached hydrogens (tertiary/aromatic N) is 3. The minimum Gasteiger partial charge on any atom is -0.411 e. The van der Waals surface area contributed by atoms with Gasteiger partial charge in [-0.15, -0.1) is 10.2 Å². The summed E-state index contributed by atoms with van der Waals surface area (Å²) in [6, 6.07) is 25.1. The summed E-state index contributed by atoms with van der Waals surface area (Å²) in [7, 11) is 0. The predicted molar refractivity (Wildman–Crippen MR) is 136 cm³/mol. The van der Waals surface area contributed by atoms with Crippen LogP contribution in [0.2, 0.25) is 0 Å². The number of hydrogen-bond donors (Lipinski definition) is 1. The van der Waals surface area contributed by atoms with Crippen LogP contribution in [-0.4, -0.2) is 45.5 Å². The number of hydroxylamine groups is 2. The maximum atomic E-state index is 13.1. The molecule has 0 amide bonds. The van der Waals surface area contributed by atoms with Gasteiger partial charge in [0.25, 0.3) is 5.22 Å². The molecule has 3 aromatic carbocycles. The van der Waals surface area contributed by atoms with Crippen molar-refractivity contribution in [2.45, 2.75) is 36.1 Å². The molecule has 0 atom stereocenters. The van der Waals surface area contributed by atoms with E-state index in [-0.39, 0.29) is 6.54 Å². The zero-order valence-corrected chi connectivity index (χ0v) is 20.8. The fraction of sp³-hybridized carbons (Fsp3) is 0.286. The van der Waals surface area contributed by atoms with Gasteiger partial charge in [0.05, 0.1) is 0 Å². The summed E-state index contributed by atoms with van der Waals surface area (Å²) in [5.74, 6) is 1.19. The normalized spacial score (nSPS) is 14.1. The highest BCUT2D eigenvalue weighted by atomic mass is 32.2. The van der Waals surface area contributed by atoms with Gasteiger partial charge in [-0.2, -0.15) is 18.2 Å². The van der Waals surface area contributed by atoms with E-state index >= 15 is 0 Å². The number of halogens is 3. The van der Waals surface area contributed by atoms with E-state index in [2.05, 4.69) is 10.2 Å². The lowest BCUT2D eigenvalue weighted by Gasteiger charge is -2.35. The predicted octanol–water partition coefficient (Wildman–Crippen LogP) is 7.22. The first-order chi connectivity index (χ1) is 17.9. The highest BCUT2D eigenvalue weighted by molar-refractivity contribution is 7.99. The van der Waals surface area contributed by atoms with Crippen LogP contribution in [0.4, 0.5) is 13.2 Å². The van der Waals surface area contributed by atoms with Gasteiger partial charge < -0.3 is 9.62 Å². The summed E-state index contributed by atoms with van der Waals surface area (Å²) < 4.78 is 45.0. The van der Waals surface area contributed by atoms with Crippen molar-refractivity contribution in [2.24, 2.45) is 0 Å². The Morgan fingerprint density at radius 1 is 0.838 bits per heavy atom. The Morgan fingerprint density at radius 2 is 1.46 bits per heavy atom. The molecular formula is C28H26F3N3O2S. The molecule has 1 aliphatic rings. The van der Waals surface area contributed by atoms with Gasteiger partial charge in [0.1, 0.15) is 6.54 Å². The molecule has 0 radical (unpaired) electrons. The molecule has 0 saturated heterocycles. The van der Waals surface area contributed by atoms with Crippen molar-refractivity contribution in [3.63, 3.8) is 0 Å². The first-order valence-electron chi connectivity index (χ1n) is 12.1. The number of benzene rings is 3. The lowest BCUT2D eigenvalue weighted by atomic mass is 9.74. The lowest BCUT2D eigenvalue weighted by molar-refractivity contribution is -0.212. The number of aromatic nitrogens is 2. The number of hydrogen-bond acceptors (Lipinski definition) is 6. The van der Waals surface area contributed by atoms with Crippen LogP contribution in [0.5, 0.6) is 0 Å². The molecule has 1 aliphatic carbocycles. The molecule has 0 unspecified atom stereocenters. The fourth-order valence-corrected chi connectivity index (χ4v) is 5.92. The van der Waals surface area contributed by atoms with Crippen molar-refractivity contribution >= 4 is 11.8 Å². The Labute approximate surface area is 217 Å². The standard InChI is InChI=1S/C28H26F3N3O2S/c29-28(30,31)19-34(35)18-27(23-14-6-4-12-21(23)22-13-5-7-15-24(22)27)16-8-9-17-37-26-33-32-25(36-26)20-10-2-1-3-11-20/h1-7,10-15,35H,8-9,16-19H2. The van der Waals surface area contributed by atoms with Crippen LogP contribution in [0.3, 0.4) is 0 Å². The highest BCUT2D eigenvalue weighted by Gasteiger charge is 2.45. The Balaban J connectivity index is 1.30. The Kier molecular flexibility index (Phi) is 7.37. The summed E-state index contributed by atoms with van der Waals surface area (Å²) in [5.41, 5.74) is 4.03. The summed E-state index contributed by atoms with van der Waals surface area (Å²) in [5, 5.41) is 19.5. The highest BCUT2D eigenvalue weighted by Crippen LogP contribution is 2.51. The van der Waals surface area contributed by atoms with Gasteiger partial charge in [-0.1, -0.05) is 84.9 Å². The minimum atomic E-state index is -4.49. The van der Waals surface area contributed by atoms with Crippen LogP contribution in [-0.2, 0) is 5.41 Å². The minimum absolute atomic E-state index is 0.141. The monoisotopic (exact) mass is 525 g/mol. The molecule has 0 spiro atoms. The van der Waals surface area contributed by atoms with E-state index in [1.54, 1.807) is 0 Å². The van der Waals surface area contributed by atoms with E-state index in [1.807, 2.05) is 78.9 Å². The molecule has 1 heterocycles. The molecule has 1 N–H and O–H groups in total. The zero-order chi connectivity index (χ0) is 25.9. The second-order valence-electron chi connectivity index (χ2n) is 9.16. The van der Waals surface area contributed by atoms with Crippen LogP contribution in [0, 0.1) is 0 Å². The van der Waals surface area contributed by atoms with E-state index in [4.69, 9.17) is 4.42 Å². The molecule has 0 aliphatic heterocycles. The van der Waals surface area contributed by atoms with Crippen LogP contribution < -0.4 is 0 Å². The second kappa shape index (κ2) is 10.7. The van der Waals surface area contributed by atoms with Crippen LogP contribution in [0.1, 0.15) is 30.4 Å². The number of unbranched alkanes of at least 4 members (excludes halogenated alkanes) is 1. The van der Waals surface area contributed by atoms with Gasteiger partial charge in [-0.05, 0) is 47.2 Å². The van der Waals surface area contributed by atoms with Gasteiger partial charge in [-0.25, -0.2) is 0 Å². The second-order valence-corrected chi connectivity index (χ2v) is 10.2. The van der Waals surface area contributed by atoms with Gasteiger partial charge in [0, 0.05) is 23.3 Å². The fourth-order valence-electron chi connectivity index (χ4n) is 5.16. The first-order valence-corrected chi connectivity index (χ1v) is 13.1. The molecule has 0 fully saturated rings. The van der Waals surface area contributed by atoms with Crippen molar-refractivity contribution in [3.05, 3.63) is 90.0 Å². The van der Waals surface area contributed by atoms with E-state index < -0.39 is 18.1 Å². The van der Waals surface area contributed by atoms with Crippen molar-refractivity contribution in [1.82, 2.24) is 15.3 Å². The van der Waals surface area contributed by atoms with E-state index in [0.29, 0.717) is 22.6 Å². The number of fused-ring (bicyclic) bond motifs is 3. The van der Waals surface area contributed by atoms with Crippen LogP contribution >= 0.6 is 11.8 Å². The Bertz CT molecular complexity index is 1300.